The second-order valence-electron chi connectivity index (χ2n) is 3.70. The number of hydrogen-bond acceptors (Lipinski definition) is 3. The van der Waals surface area contributed by atoms with Crippen molar-refractivity contribution in [3.8, 4) is 5.75 Å². The van der Waals surface area contributed by atoms with Crippen molar-refractivity contribution in [2.45, 2.75) is 25.8 Å². The Morgan fingerprint density at radius 2 is 1.87 bits per heavy atom. The van der Waals surface area contributed by atoms with Crippen LogP contribution in [0.2, 0.25) is 0 Å². The van der Waals surface area contributed by atoms with E-state index in [1.807, 2.05) is 12.1 Å². The molecule has 0 aliphatic carbocycles. The zero-order valence-corrected chi connectivity index (χ0v) is 9.11. The van der Waals surface area contributed by atoms with Gasteiger partial charge in [-0.25, -0.2) is 0 Å². The van der Waals surface area contributed by atoms with Crippen LogP contribution in [0.5, 0.6) is 5.75 Å². The topological polar surface area (TPSA) is 52.5 Å². The average Bonchev–Trinajstić information content (AvgIpc) is 2.25. The minimum Gasteiger partial charge on any atom is -0.508 e. The quantitative estimate of drug-likeness (QED) is 0.626. The molecule has 0 aliphatic rings. The van der Waals surface area contributed by atoms with Crippen molar-refractivity contribution in [3.63, 3.8) is 0 Å². The number of phenolic OH excluding ortho intramolecular Hbond substituents is 1. The number of rotatable bonds is 6. The van der Waals surface area contributed by atoms with Crippen molar-refractivity contribution >= 4 is 0 Å². The Labute approximate surface area is 90.8 Å². The number of aromatic hydroxyl groups is 1. The SMILES string of the molecule is CC(NCCCCO)c1ccc(O)cc1. The van der Waals surface area contributed by atoms with Crippen LogP contribution in [-0.4, -0.2) is 23.4 Å². The second-order valence-corrected chi connectivity index (χ2v) is 3.70. The highest BCUT2D eigenvalue weighted by atomic mass is 16.3. The molecule has 0 aromatic heterocycles. The number of aliphatic hydroxyl groups excluding tert-OH is 1. The number of aliphatic hydroxyl groups is 1. The largest absolute Gasteiger partial charge is 0.508 e. The molecule has 0 saturated heterocycles. The number of phenols is 1. The fourth-order valence-corrected chi connectivity index (χ4v) is 1.44. The number of benzene rings is 1. The molecule has 0 spiro atoms. The number of nitrogens with one attached hydrogen (secondary N) is 1. The first-order valence-corrected chi connectivity index (χ1v) is 5.37. The molecule has 0 amide bonds. The summed E-state index contributed by atoms with van der Waals surface area (Å²) in [5.74, 6) is 0.297. The van der Waals surface area contributed by atoms with Crippen LogP contribution in [0.15, 0.2) is 24.3 Å². The summed E-state index contributed by atoms with van der Waals surface area (Å²) in [4.78, 5) is 0. The third-order valence-corrected chi connectivity index (χ3v) is 2.43. The molecule has 3 nitrogen and oxygen atoms in total. The Morgan fingerprint density at radius 3 is 2.47 bits per heavy atom. The molecule has 1 atom stereocenters. The van der Waals surface area contributed by atoms with Gasteiger partial charge in [0.2, 0.25) is 0 Å². The summed E-state index contributed by atoms with van der Waals surface area (Å²) in [5, 5.41) is 21.1. The van der Waals surface area contributed by atoms with E-state index >= 15 is 0 Å². The second kappa shape index (κ2) is 6.43. The molecule has 0 fully saturated rings. The predicted molar refractivity (Wildman–Crippen MR) is 60.8 cm³/mol. The first-order chi connectivity index (χ1) is 7.24. The molecular weight excluding hydrogens is 190 g/mol. The van der Waals surface area contributed by atoms with Gasteiger partial charge >= 0.3 is 0 Å². The van der Waals surface area contributed by atoms with E-state index in [1.165, 1.54) is 0 Å². The van der Waals surface area contributed by atoms with Gasteiger partial charge in [-0.1, -0.05) is 12.1 Å². The lowest BCUT2D eigenvalue weighted by Gasteiger charge is -2.13. The van der Waals surface area contributed by atoms with E-state index in [2.05, 4.69) is 12.2 Å². The lowest BCUT2D eigenvalue weighted by Crippen LogP contribution is -2.19. The molecule has 1 aromatic rings. The third-order valence-electron chi connectivity index (χ3n) is 2.43. The van der Waals surface area contributed by atoms with E-state index in [4.69, 9.17) is 10.2 Å². The zero-order valence-electron chi connectivity index (χ0n) is 9.11. The van der Waals surface area contributed by atoms with E-state index in [9.17, 15) is 0 Å². The number of hydrogen-bond donors (Lipinski definition) is 3. The fourth-order valence-electron chi connectivity index (χ4n) is 1.44. The molecule has 0 radical (unpaired) electrons. The maximum atomic E-state index is 9.14. The highest BCUT2D eigenvalue weighted by Gasteiger charge is 2.03. The van der Waals surface area contributed by atoms with Gasteiger partial charge in [0.25, 0.3) is 0 Å². The van der Waals surface area contributed by atoms with Gasteiger partial charge in [0.05, 0.1) is 0 Å². The Morgan fingerprint density at radius 1 is 1.20 bits per heavy atom. The lowest BCUT2D eigenvalue weighted by atomic mass is 10.1. The molecule has 84 valence electrons. The first-order valence-electron chi connectivity index (χ1n) is 5.37. The third kappa shape index (κ3) is 4.32. The minimum absolute atomic E-state index is 0.259. The van der Waals surface area contributed by atoms with Crippen molar-refractivity contribution in [3.05, 3.63) is 29.8 Å². The average molecular weight is 209 g/mol. The van der Waals surface area contributed by atoms with Crippen LogP contribution in [0.1, 0.15) is 31.4 Å². The zero-order chi connectivity index (χ0) is 11.1. The van der Waals surface area contributed by atoms with Crippen LogP contribution >= 0.6 is 0 Å². The summed E-state index contributed by atoms with van der Waals surface area (Å²) in [6.45, 7) is 3.25. The molecule has 1 aromatic carbocycles. The molecule has 0 saturated carbocycles. The summed E-state index contributed by atoms with van der Waals surface area (Å²) in [5.41, 5.74) is 1.16. The van der Waals surface area contributed by atoms with Gasteiger partial charge in [-0.2, -0.15) is 0 Å². The molecular formula is C12H19NO2. The summed E-state index contributed by atoms with van der Waals surface area (Å²) in [7, 11) is 0. The van der Waals surface area contributed by atoms with Crippen LogP contribution in [0.3, 0.4) is 0 Å². The Bertz CT molecular complexity index is 271. The van der Waals surface area contributed by atoms with Crippen molar-refractivity contribution < 1.29 is 10.2 Å². The monoisotopic (exact) mass is 209 g/mol. The minimum atomic E-state index is 0.259. The van der Waals surface area contributed by atoms with E-state index in [0.717, 1.165) is 24.9 Å². The smallest absolute Gasteiger partial charge is 0.115 e. The van der Waals surface area contributed by atoms with Gasteiger partial charge in [-0.3, -0.25) is 0 Å². The molecule has 3 N–H and O–H groups in total. The molecule has 0 aliphatic heterocycles. The van der Waals surface area contributed by atoms with Crippen LogP contribution in [0.25, 0.3) is 0 Å². The molecule has 0 heterocycles. The van der Waals surface area contributed by atoms with E-state index in [-0.39, 0.29) is 12.6 Å². The van der Waals surface area contributed by atoms with E-state index < -0.39 is 0 Å². The Kier molecular flexibility index (Phi) is 5.15. The maximum absolute atomic E-state index is 9.14. The highest BCUT2D eigenvalue weighted by molar-refractivity contribution is 5.27. The van der Waals surface area contributed by atoms with Gasteiger partial charge < -0.3 is 15.5 Å². The van der Waals surface area contributed by atoms with Gasteiger partial charge in [0, 0.05) is 12.6 Å². The van der Waals surface area contributed by atoms with Crippen LogP contribution in [-0.2, 0) is 0 Å². The standard InChI is InChI=1S/C12H19NO2/c1-10(13-8-2-3-9-14)11-4-6-12(15)7-5-11/h4-7,10,13-15H,2-3,8-9H2,1H3. The van der Waals surface area contributed by atoms with Crippen molar-refractivity contribution in [2.24, 2.45) is 0 Å². The lowest BCUT2D eigenvalue weighted by molar-refractivity contribution is 0.283. The van der Waals surface area contributed by atoms with E-state index in [1.54, 1.807) is 12.1 Å². The normalized spacial score (nSPS) is 12.7. The Hall–Kier alpha value is -1.06. The molecule has 3 heteroatoms. The van der Waals surface area contributed by atoms with Crippen molar-refractivity contribution in [2.75, 3.05) is 13.2 Å². The maximum Gasteiger partial charge on any atom is 0.115 e. The van der Waals surface area contributed by atoms with Crippen molar-refractivity contribution in [1.82, 2.24) is 5.32 Å². The molecule has 1 rings (SSSR count). The molecule has 15 heavy (non-hydrogen) atoms. The number of unbranched alkanes of at least 4 members (excludes halogenated alkanes) is 1. The van der Waals surface area contributed by atoms with Gasteiger partial charge in [0.15, 0.2) is 0 Å². The summed E-state index contributed by atoms with van der Waals surface area (Å²) >= 11 is 0. The fraction of sp³-hybridized carbons (Fsp3) is 0.500. The predicted octanol–water partition coefficient (Wildman–Crippen LogP) is 1.82. The highest BCUT2D eigenvalue weighted by Crippen LogP contribution is 2.16. The van der Waals surface area contributed by atoms with Gasteiger partial charge in [-0.05, 0) is 44.0 Å². The summed E-state index contributed by atoms with van der Waals surface area (Å²) in [6, 6.07) is 7.50. The van der Waals surface area contributed by atoms with Crippen LogP contribution in [0.4, 0.5) is 0 Å². The van der Waals surface area contributed by atoms with Crippen LogP contribution < -0.4 is 5.32 Å². The Balaban J connectivity index is 2.33. The van der Waals surface area contributed by atoms with Gasteiger partial charge in [-0.15, -0.1) is 0 Å². The molecule has 1 unspecified atom stereocenters. The van der Waals surface area contributed by atoms with Crippen molar-refractivity contribution in [1.29, 1.82) is 0 Å². The molecule has 0 bridgehead atoms. The summed E-state index contributed by atoms with van der Waals surface area (Å²) < 4.78 is 0. The van der Waals surface area contributed by atoms with Crippen LogP contribution in [0, 0.1) is 0 Å². The summed E-state index contributed by atoms with van der Waals surface area (Å²) in [6.07, 6.45) is 1.83. The first kappa shape index (κ1) is 12.0. The van der Waals surface area contributed by atoms with Gasteiger partial charge in [0.1, 0.15) is 5.75 Å². The van der Waals surface area contributed by atoms with E-state index in [0.29, 0.717) is 5.75 Å².